The van der Waals surface area contributed by atoms with Crippen LogP contribution in [0.1, 0.15) is 34.1 Å². The molecule has 176 valence electrons. The number of alkyl halides is 2. The molecule has 2 saturated carbocycles. The summed E-state index contributed by atoms with van der Waals surface area (Å²) in [4.78, 5) is 54.7. The molecule has 0 unspecified atom stereocenters. The summed E-state index contributed by atoms with van der Waals surface area (Å²) in [5.74, 6) is -2.97. The van der Waals surface area contributed by atoms with Gasteiger partial charge in [-0.3, -0.25) is 19.2 Å². The van der Waals surface area contributed by atoms with Crippen molar-refractivity contribution in [3.63, 3.8) is 0 Å². The number of nitrogens with zero attached hydrogens (tertiary/aromatic N) is 2. The van der Waals surface area contributed by atoms with Gasteiger partial charge in [-0.25, -0.2) is 5.01 Å². The molecule has 0 N–H and O–H groups in total. The lowest BCUT2D eigenvalue weighted by atomic mass is 9.81. The van der Waals surface area contributed by atoms with Crippen molar-refractivity contribution in [2.75, 3.05) is 0 Å². The van der Waals surface area contributed by atoms with Gasteiger partial charge in [0.15, 0.2) is 5.78 Å². The number of hydrogen-bond acceptors (Lipinski definition) is 4. The van der Waals surface area contributed by atoms with E-state index in [-0.39, 0.29) is 37.9 Å². The largest absolute Gasteiger partial charge is 0.292 e. The zero-order valence-corrected chi connectivity index (χ0v) is 22.0. The van der Waals surface area contributed by atoms with E-state index in [4.69, 9.17) is 11.6 Å². The fourth-order valence-electron chi connectivity index (χ4n) is 5.70. The predicted molar refractivity (Wildman–Crippen MR) is 134 cm³/mol. The quantitative estimate of drug-likeness (QED) is 0.279. The smallest absolute Gasteiger partial charge is 0.275 e. The number of hydrogen-bond donors (Lipinski definition) is 0. The third kappa shape index (κ3) is 3.48. The van der Waals surface area contributed by atoms with Crippen LogP contribution in [0.25, 0.3) is 0 Å². The first kappa shape index (κ1) is 23.7. The van der Waals surface area contributed by atoms with Gasteiger partial charge in [0, 0.05) is 15.2 Å². The average molecular weight is 609 g/mol. The molecule has 0 aromatic heterocycles. The van der Waals surface area contributed by atoms with E-state index >= 15 is 0 Å². The van der Waals surface area contributed by atoms with Gasteiger partial charge in [0.2, 0.25) is 0 Å². The first-order chi connectivity index (χ1) is 16.2. The Bertz CT molecular complexity index is 1160. The highest BCUT2D eigenvalue weighted by atomic mass is 79.9. The molecule has 2 aliphatic carbocycles. The van der Waals surface area contributed by atoms with Crippen LogP contribution in [-0.4, -0.2) is 49.2 Å². The number of carbonyl (C=O) groups excluding carboxylic acids is 4. The number of Topliss-reactive ketones (excluding diaryl/α,β-unsaturated/α-hetero) is 1. The second-order valence-corrected chi connectivity index (χ2v) is 11.5. The Morgan fingerprint density at radius 1 is 0.941 bits per heavy atom. The number of carbonyl (C=O) groups is 4. The molecule has 1 aliphatic heterocycles. The molecule has 9 heteroatoms. The lowest BCUT2D eigenvalue weighted by Crippen LogP contribution is -2.57. The van der Waals surface area contributed by atoms with Crippen LogP contribution < -0.4 is 0 Å². The molecular formula is C25H21Br2ClN2O4. The number of halogens is 3. The fraction of sp³-hybridized carbons (Fsp3) is 0.360. The Morgan fingerprint density at radius 3 is 2.03 bits per heavy atom. The lowest BCUT2D eigenvalue weighted by molar-refractivity contribution is -0.157. The topological polar surface area (TPSA) is 74.8 Å². The van der Waals surface area contributed by atoms with Crippen molar-refractivity contribution in [1.82, 2.24) is 10.0 Å². The molecule has 1 heterocycles. The van der Waals surface area contributed by atoms with Crippen LogP contribution >= 0.6 is 43.5 Å². The van der Waals surface area contributed by atoms with E-state index < -0.39 is 35.6 Å². The van der Waals surface area contributed by atoms with E-state index in [2.05, 4.69) is 31.9 Å². The highest BCUT2D eigenvalue weighted by Crippen LogP contribution is 2.60. The Balaban J connectivity index is 1.57. The maximum Gasteiger partial charge on any atom is 0.275 e. The van der Waals surface area contributed by atoms with Crippen molar-refractivity contribution >= 4 is 67.0 Å². The monoisotopic (exact) mass is 606 g/mol. The van der Waals surface area contributed by atoms with Gasteiger partial charge in [-0.1, -0.05) is 85.9 Å². The van der Waals surface area contributed by atoms with Crippen molar-refractivity contribution in [1.29, 1.82) is 0 Å². The van der Waals surface area contributed by atoms with Crippen molar-refractivity contribution in [3.05, 3.63) is 70.7 Å². The summed E-state index contributed by atoms with van der Waals surface area (Å²) in [6.07, 6.45) is 0.767. The van der Waals surface area contributed by atoms with Crippen molar-refractivity contribution in [3.8, 4) is 0 Å². The van der Waals surface area contributed by atoms with Gasteiger partial charge in [-0.15, -0.1) is 0 Å². The third-order valence-electron chi connectivity index (χ3n) is 7.30. The minimum Gasteiger partial charge on any atom is -0.292 e. The van der Waals surface area contributed by atoms with Gasteiger partial charge in [-0.2, -0.15) is 5.01 Å². The molecule has 6 nitrogen and oxygen atoms in total. The van der Waals surface area contributed by atoms with Crippen LogP contribution in [-0.2, 0) is 9.59 Å². The second kappa shape index (κ2) is 8.88. The summed E-state index contributed by atoms with van der Waals surface area (Å²) in [7, 11) is 0. The number of amides is 3. The molecule has 5 rings (SSSR count). The van der Waals surface area contributed by atoms with Gasteiger partial charge in [-0.05, 0) is 37.3 Å². The predicted octanol–water partition coefficient (Wildman–Crippen LogP) is 4.75. The highest BCUT2D eigenvalue weighted by molar-refractivity contribution is 9.12. The molecule has 2 aromatic carbocycles. The SMILES string of the molecule is C[C@H](C(=O)c1ccccc1)N(C(=O)c1ccccc1Cl)N1C(=O)[C@@H]2[C@H]3C[C@@H]([C@H](Br)[C@H]3Br)[C@H]2C1=O. The summed E-state index contributed by atoms with van der Waals surface area (Å²) in [6.45, 7) is 1.54. The van der Waals surface area contributed by atoms with Crippen molar-refractivity contribution in [2.24, 2.45) is 23.7 Å². The minimum atomic E-state index is -1.10. The van der Waals surface area contributed by atoms with Crippen LogP contribution in [0.2, 0.25) is 5.02 Å². The number of ketones is 1. The third-order valence-corrected chi connectivity index (χ3v) is 10.8. The van der Waals surface area contributed by atoms with Crippen LogP contribution in [0.15, 0.2) is 54.6 Å². The van der Waals surface area contributed by atoms with Crippen LogP contribution in [0.3, 0.4) is 0 Å². The fourth-order valence-corrected chi connectivity index (χ4v) is 7.79. The van der Waals surface area contributed by atoms with E-state index in [0.717, 1.165) is 16.4 Å². The van der Waals surface area contributed by atoms with Crippen molar-refractivity contribution in [2.45, 2.75) is 29.0 Å². The average Bonchev–Trinajstić information content (AvgIpc) is 3.45. The van der Waals surface area contributed by atoms with Crippen LogP contribution in [0.4, 0.5) is 0 Å². The minimum absolute atomic E-state index is 0.0155. The van der Waals surface area contributed by atoms with Crippen LogP contribution in [0.5, 0.6) is 0 Å². The molecular weight excluding hydrogens is 588 g/mol. The molecule has 34 heavy (non-hydrogen) atoms. The number of fused-ring (bicyclic) bond motifs is 5. The molecule has 2 aromatic rings. The molecule has 2 bridgehead atoms. The molecule has 3 aliphatic rings. The molecule has 1 saturated heterocycles. The highest BCUT2D eigenvalue weighted by Gasteiger charge is 2.68. The Morgan fingerprint density at radius 2 is 1.47 bits per heavy atom. The lowest BCUT2D eigenvalue weighted by Gasteiger charge is -2.35. The number of imide groups is 1. The molecule has 3 fully saturated rings. The normalized spacial score (nSPS) is 30.4. The van der Waals surface area contributed by atoms with Gasteiger partial charge < -0.3 is 0 Å². The zero-order valence-electron chi connectivity index (χ0n) is 18.1. The maximum atomic E-state index is 13.8. The van der Waals surface area contributed by atoms with E-state index in [1.807, 2.05) is 0 Å². The second-order valence-electron chi connectivity index (χ2n) is 9.03. The standard InChI is InChI=1S/C25H21Br2ClN2O4/c1-12(22(31)13-7-3-2-4-8-13)29(23(32)14-9-5-6-10-17(14)28)30-24(33)18-15-11-16(19(18)25(30)34)21(27)20(15)26/h2-10,12,15-16,18-21H,11H2,1H3/t12-,15-,16-,18-,19-,20+,21+/m1/s1. The Hall–Kier alpha value is -2.03. The summed E-state index contributed by atoms with van der Waals surface area (Å²) in [6, 6.07) is 13.8. The summed E-state index contributed by atoms with van der Waals surface area (Å²) < 4.78 is 0. The van der Waals surface area contributed by atoms with E-state index in [1.54, 1.807) is 48.5 Å². The van der Waals surface area contributed by atoms with E-state index in [0.29, 0.717) is 5.56 Å². The number of rotatable bonds is 5. The van der Waals surface area contributed by atoms with Gasteiger partial charge in [0.05, 0.1) is 22.4 Å². The van der Waals surface area contributed by atoms with Gasteiger partial charge >= 0.3 is 0 Å². The first-order valence-electron chi connectivity index (χ1n) is 11.1. The summed E-state index contributed by atoms with van der Waals surface area (Å²) >= 11 is 13.7. The zero-order chi connectivity index (χ0) is 24.3. The van der Waals surface area contributed by atoms with Crippen LogP contribution in [0, 0.1) is 23.7 Å². The van der Waals surface area contributed by atoms with E-state index in [9.17, 15) is 19.2 Å². The Labute approximate surface area is 218 Å². The maximum absolute atomic E-state index is 13.8. The first-order valence-corrected chi connectivity index (χ1v) is 13.3. The Kier molecular flexibility index (Phi) is 6.19. The summed E-state index contributed by atoms with van der Waals surface area (Å²) in [5.41, 5.74) is 0.501. The molecule has 0 spiro atoms. The molecule has 3 amide bonds. The van der Waals surface area contributed by atoms with Gasteiger partial charge in [0.25, 0.3) is 17.7 Å². The number of hydrazine groups is 1. The van der Waals surface area contributed by atoms with Gasteiger partial charge in [0.1, 0.15) is 6.04 Å². The van der Waals surface area contributed by atoms with Crippen molar-refractivity contribution < 1.29 is 19.2 Å². The summed E-state index contributed by atoms with van der Waals surface area (Å²) in [5, 5.41) is 2.12. The van der Waals surface area contributed by atoms with E-state index in [1.165, 1.54) is 13.0 Å². The number of benzene rings is 2. The molecule has 7 atom stereocenters. The molecule has 0 radical (unpaired) electrons.